The van der Waals surface area contributed by atoms with E-state index in [0.29, 0.717) is 24.4 Å². The first kappa shape index (κ1) is 19.6. The normalized spacial score (nSPS) is 18.4. The van der Waals surface area contributed by atoms with Gasteiger partial charge in [0.1, 0.15) is 11.5 Å². The largest absolute Gasteiger partial charge is 0.464 e. The molecular formula is C20H26N2O4S. The Kier molecular flexibility index (Phi) is 5.72. The van der Waals surface area contributed by atoms with Gasteiger partial charge in [-0.05, 0) is 63.1 Å². The summed E-state index contributed by atoms with van der Waals surface area (Å²) in [5.41, 5.74) is 0.450. The second-order valence-corrected chi connectivity index (χ2v) is 9.05. The second-order valence-electron chi connectivity index (χ2n) is 7.16. The number of carbonyl (C=O) groups excluding carboxylic acids is 1. The molecule has 1 aromatic heterocycles. The topological polar surface area (TPSA) is 70.8 Å². The van der Waals surface area contributed by atoms with Gasteiger partial charge >= 0.3 is 0 Å². The molecule has 27 heavy (non-hydrogen) atoms. The third kappa shape index (κ3) is 4.25. The quantitative estimate of drug-likeness (QED) is 0.784. The zero-order valence-electron chi connectivity index (χ0n) is 16.0. The fourth-order valence-corrected chi connectivity index (χ4v) is 5.13. The lowest BCUT2D eigenvalue weighted by Crippen LogP contribution is -2.41. The van der Waals surface area contributed by atoms with E-state index >= 15 is 0 Å². The molecule has 0 radical (unpaired) electrons. The summed E-state index contributed by atoms with van der Waals surface area (Å²) in [5.74, 6) is 1.33. The average Bonchev–Trinajstić information content (AvgIpc) is 3.06. The second kappa shape index (κ2) is 7.86. The van der Waals surface area contributed by atoms with Gasteiger partial charge in [0.25, 0.3) is 5.91 Å². The summed E-state index contributed by atoms with van der Waals surface area (Å²) < 4.78 is 32.8. The van der Waals surface area contributed by atoms with E-state index in [4.69, 9.17) is 4.42 Å². The highest BCUT2D eigenvalue weighted by atomic mass is 32.2. The lowest BCUT2D eigenvalue weighted by molar-refractivity contribution is 0.0775. The number of aryl methyl sites for hydroxylation is 1. The van der Waals surface area contributed by atoms with Gasteiger partial charge in [0.15, 0.2) is 0 Å². The van der Waals surface area contributed by atoms with E-state index in [1.165, 1.54) is 12.1 Å². The number of nitrogens with zero attached hydrogens (tertiary/aromatic N) is 2. The zero-order chi connectivity index (χ0) is 19.6. The molecule has 0 unspecified atom stereocenters. The average molecular weight is 391 g/mol. The molecule has 3 rings (SSSR count). The minimum Gasteiger partial charge on any atom is -0.464 e. The Balaban J connectivity index is 1.73. The molecule has 1 atom stereocenters. The molecule has 0 bridgehead atoms. The van der Waals surface area contributed by atoms with Crippen LogP contribution in [0, 0.1) is 6.92 Å². The van der Waals surface area contributed by atoms with E-state index in [9.17, 15) is 13.2 Å². The molecule has 6 nitrogen and oxygen atoms in total. The molecule has 1 amide bonds. The smallest absolute Gasteiger partial charge is 0.254 e. The Bertz CT molecular complexity index is 902. The molecule has 0 N–H and O–H groups in total. The maximum Gasteiger partial charge on any atom is 0.254 e. The highest BCUT2D eigenvalue weighted by Gasteiger charge is 2.31. The standard InChI is InChI=1S/C20H26N2O4S/c1-15-6-4-5-13-22(15)27(24,25)19-11-8-17(9-12-19)20(23)21(3)14-18-10-7-16(2)26-18/h7-12,15H,4-6,13-14H2,1-3H3/t15-/m1/s1. The van der Waals surface area contributed by atoms with Gasteiger partial charge in [-0.15, -0.1) is 0 Å². The van der Waals surface area contributed by atoms with Gasteiger partial charge in [0.2, 0.25) is 10.0 Å². The molecular weight excluding hydrogens is 364 g/mol. The van der Waals surface area contributed by atoms with Crippen molar-refractivity contribution in [3.05, 3.63) is 53.5 Å². The van der Waals surface area contributed by atoms with Crippen LogP contribution in [0.4, 0.5) is 0 Å². The molecule has 1 aromatic carbocycles. The number of hydrogen-bond acceptors (Lipinski definition) is 4. The molecule has 0 spiro atoms. The molecule has 0 aliphatic carbocycles. The number of carbonyl (C=O) groups is 1. The Labute approximate surface area is 160 Å². The third-order valence-corrected chi connectivity index (χ3v) is 7.01. The van der Waals surface area contributed by atoms with E-state index in [-0.39, 0.29) is 16.8 Å². The summed E-state index contributed by atoms with van der Waals surface area (Å²) in [7, 11) is -1.83. The van der Waals surface area contributed by atoms with Gasteiger partial charge in [-0.1, -0.05) is 6.42 Å². The summed E-state index contributed by atoms with van der Waals surface area (Å²) in [6, 6.07) is 9.90. The Morgan fingerprint density at radius 3 is 2.48 bits per heavy atom. The van der Waals surface area contributed by atoms with Gasteiger partial charge in [0.05, 0.1) is 11.4 Å². The number of sulfonamides is 1. The first-order valence-electron chi connectivity index (χ1n) is 9.22. The monoisotopic (exact) mass is 390 g/mol. The number of benzene rings is 1. The van der Waals surface area contributed by atoms with Gasteiger partial charge in [0, 0.05) is 25.2 Å². The summed E-state index contributed by atoms with van der Waals surface area (Å²) in [6.45, 7) is 4.71. The van der Waals surface area contributed by atoms with Crippen molar-refractivity contribution in [1.29, 1.82) is 0 Å². The molecule has 1 fully saturated rings. The van der Waals surface area contributed by atoms with Crippen LogP contribution in [0.5, 0.6) is 0 Å². The Morgan fingerprint density at radius 2 is 1.89 bits per heavy atom. The van der Waals surface area contributed by atoms with Crippen LogP contribution < -0.4 is 0 Å². The van der Waals surface area contributed by atoms with E-state index < -0.39 is 10.0 Å². The number of piperidine rings is 1. The maximum absolute atomic E-state index is 12.9. The Morgan fingerprint density at radius 1 is 1.19 bits per heavy atom. The summed E-state index contributed by atoms with van der Waals surface area (Å²) in [6.07, 6.45) is 2.83. The summed E-state index contributed by atoms with van der Waals surface area (Å²) in [4.78, 5) is 14.4. The van der Waals surface area contributed by atoms with Crippen LogP contribution in [0.1, 0.15) is 48.1 Å². The molecule has 2 heterocycles. The van der Waals surface area contributed by atoms with Crippen molar-refractivity contribution < 1.29 is 17.6 Å². The van der Waals surface area contributed by atoms with E-state index in [1.807, 2.05) is 26.0 Å². The Hall–Kier alpha value is -2.12. The molecule has 1 aliphatic rings. The fraction of sp³-hybridized carbons (Fsp3) is 0.450. The summed E-state index contributed by atoms with van der Waals surface area (Å²) >= 11 is 0. The van der Waals surface area contributed by atoms with E-state index in [2.05, 4.69) is 0 Å². The van der Waals surface area contributed by atoms with Crippen molar-refractivity contribution in [2.75, 3.05) is 13.6 Å². The van der Waals surface area contributed by atoms with Crippen LogP contribution in [-0.2, 0) is 16.6 Å². The zero-order valence-corrected chi connectivity index (χ0v) is 16.8. The molecule has 2 aromatic rings. The molecule has 1 aliphatic heterocycles. The number of furan rings is 1. The number of hydrogen-bond donors (Lipinski definition) is 0. The van der Waals surface area contributed by atoms with Gasteiger partial charge in [-0.25, -0.2) is 8.42 Å². The minimum atomic E-state index is -3.53. The van der Waals surface area contributed by atoms with E-state index in [0.717, 1.165) is 25.0 Å². The van der Waals surface area contributed by atoms with Gasteiger partial charge < -0.3 is 9.32 Å². The van der Waals surface area contributed by atoms with Crippen LogP contribution in [0.2, 0.25) is 0 Å². The molecule has 146 valence electrons. The lowest BCUT2D eigenvalue weighted by Gasteiger charge is -2.32. The van der Waals surface area contributed by atoms with Crippen molar-refractivity contribution >= 4 is 15.9 Å². The van der Waals surface area contributed by atoms with Crippen LogP contribution in [0.3, 0.4) is 0 Å². The molecule has 7 heteroatoms. The predicted molar refractivity (Wildman–Crippen MR) is 103 cm³/mol. The van der Waals surface area contributed by atoms with Crippen LogP contribution in [-0.4, -0.2) is 43.2 Å². The maximum atomic E-state index is 12.9. The van der Waals surface area contributed by atoms with Crippen molar-refractivity contribution in [2.45, 2.75) is 50.6 Å². The van der Waals surface area contributed by atoms with E-state index in [1.54, 1.807) is 28.4 Å². The first-order chi connectivity index (χ1) is 12.8. The predicted octanol–water partition coefficient (Wildman–Crippen LogP) is 3.42. The van der Waals surface area contributed by atoms with Crippen LogP contribution >= 0.6 is 0 Å². The van der Waals surface area contributed by atoms with Gasteiger partial charge in [-0.3, -0.25) is 4.79 Å². The van der Waals surface area contributed by atoms with Gasteiger partial charge in [-0.2, -0.15) is 4.31 Å². The van der Waals surface area contributed by atoms with Crippen LogP contribution in [0.15, 0.2) is 45.7 Å². The first-order valence-corrected chi connectivity index (χ1v) is 10.7. The molecule has 1 saturated heterocycles. The fourth-order valence-electron chi connectivity index (χ4n) is 3.43. The minimum absolute atomic E-state index is 0.00736. The highest BCUT2D eigenvalue weighted by Crippen LogP contribution is 2.25. The SMILES string of the molecule is Cc1ccc(CN(C)C(=O)c2ccc(S(=O)(=O)N3CCCC[C@H]3C)cc2)o1. The van der Waals surface area contributed by atoms with Crippen molar-refractivity contribution in [2.24, 2.45) is 0 Å². The van der Waals surface area contributed by atoms with Crippen LogP contribution in [0.25, 0.3) is 0 Å². The number of amides is 1. The lowest BCUT2D eigenvalue weighted by atomic mass is 10.1. The number of rotatable bonds is 5. The highest BCUT2D eigenvalue weighted by molar-refractivity contribution is 7.89. The third-order valence-electron chi connectivity index (χ3n) is 4.99. The molecule has 0 saturated carbocycles. The van der Waals surface area contributed by atoms with Crippen molar-refractivity contribution in [3.8, 4) is 0 Å². The van der Waals surface area contributed by atoms with Crippen molar-refractivity contribution in [3.63, 3.8) is 0 Å². The van der Waals surface area contributed by atoms with Crippen molar-refractivity contribution in [1.82, 2.24) is 9.21 Å². The summed E-state index contributed by atoms with van der Waals surface area (Å²) in [5, 5.41) is 0.